The molecule has 1 atom stereocenters. The predicted molar refractivity (Wildman–Crippen MR) is 90.7 cm³/mol. The van der Waals surface area contributed by atoms with E-state index >= 15 is 0 Å². The summed E-state index contributed by atoms with van der Waals surface area (Å²) >= 11 is 0. The second-order valence-electron chi connectivity index (χ2n) is 5.48. The third-order valence-electron chi connectivity index (χ3n) is 3.75. The minimum Gasteiger partial charge on any atom is -0.434 e. The number of ether oxygens (including phenoxy) is 2. The Kier molecular flexibility index (Phi) is 6.89. The van der Waals surface area contributed by atoms with E-state index in [4.69, 9.17) is 4.74 Å². The van der Waals surface area contributed by atoms with E-state index < -0.39 is 12.7 Å². The van der Waals surface area contributed by atoms with Gasteiger partial charge in [0.1, 0.15) is 5.75 Å². The number of methoxy groups -OCH3 is 1. The average Bonchev–Trinajstić information content (AvgIpc) is 2.60. The fraction of sp³-hybridized carbons (Fsp3) is 0.316. The topological polar surface area (TPSA) is 47.6 Å². The maximum atomic E-state index is 12.6. The van der Waals surface area contributed by atoms with Gasteiger partial charge in [-0.1, -0.05) is 37.3 Å². The zero-order valence-electron chi connectivity index (χ0n) is 14.2. The number of hydrogen-bond donors (Lipinski definition) is 1. The van der Waals surface area contributed by atoms with E-state index in [2.05, 4.69) is 10.1 Å². The number of nitrogens with one attached hydrogen (secondary N) is 1. The maximum absolute atomic E-state index is 12.6. The van der Waals surface area contributed by atoms with Crippen molar-refractivity contribution in [3.8, 4) is 5.75 Å². The molecule has 0 saturated carbocycles. The molecule has 134 valence electrons. The lowest BCUT2D eigenvalue weighted by molar-refractivity contribution is -0.0506. The summed E-state index contributed by atoms with van der Waals surface area (Å²) in [6.45, 7) is -0.577. The van der Waals surface area contributed by atoms with Gasteiger partial charge in [0.25, 0.3) is 5.91 Å². The van der Waals surface area contributed by atoms with Crippen LogP contribution in [0, 0.1) is 0 Å². The van der Waals surface area contributed by atoms with Gasteiger partial charge < -0.3 is 14.8 Å². The first kappa shape index (κ1) is 18.9. The van der Waals surface area contributed by atoms with Crippen molar-refractivity contribution in [3.05, 3.63) is 65.2 Å². The lowest BCUT2D eigenvalue weighted by Gasteiger charge is -2.20. The van der Waals surface area contributed by atoms with Crippen LogP contribution in [0.5, 0.6) is 5.75 Å². The Morgan fingerprint density at radius 2 is 1.80 bits per heavy atom. The molecule has 0 aromatic heterocycles. The van der Waals surface area contributed by atoms with Gasteiger partial charge in [0.15, 0.2) is 0 Å². The van der Waals surface area contributed by atoms with Crippen molar-refractivity contribution in [2.24, 2.45) is 0 Å². The van der Waals surface area contributed by atoms with Crippen molar-refractivity contribution in [2.75, 3.05) is 7.11 Å². The highest BCUT2D eigenvalue weighted by atomic mass is 19.3. The minimum absolute atomic E-state index is 0.0695. The molecular weight excluding hydrogens is 328 g/mol. The van der Waals surface area contributed by atoms with Gasteiger partial charge in [-0.3, -0.25) is 4.79 Å². The number of halogens is 2. The minimum atomic E-state index is -2.91. The van der Waals surface area contributed by atoms with Crippen LogP contribution in [-0.2, 0) is 11.3 Å². The van der Waals surface area contributed by atoms with Crippen molar-refractivity contribution >= 4 is 5.91 Å². The Balaban J connectivity index is 2.15. The maximum Gasteiger partial charge on any atom is 0.387 e. The summed E-state index contributed by atoms with van der Waals surface area (Å²) in [5, 5.41) is 2.87. The normalized spacial score (nSPS) is 12.0. The number of carbonyl (C=O) groups is 1. The smallest absolute Gasteiger partial charge is 0.387 e. The lowest BCUT2D eigenvalue weighted by Crippen LogP contribution is -2.28. The van der Waals surface area contributed by atoms with E-state index in [0.717, 1.165) is 5.56 Å². The fourth-order valence-corrected chi connectivity index (χ4v) is 2.53. The summed E-state index contributed by atoms with van der Waals surface area (Å²) in [5.74, 6) is -0.206. The number of amides is 1. The molecule has 1 N–H and O–H groups in total. The summed E-state index contributed by atoms with van der Waals surface area (Å²) in [7, 11) is 1.60. The third kappa shape index (κ3) is 5.26. The predicted octanol–water partition coefficient (Wildman–Crippen LogP) is 4.32. The molecule has 2 rings (SSSR count). The summed E-state index contributed by atoms with van der Waals surface area (Å²) < 4.78 is 34.7. The van der Waals surface area contributed by atoms with Crippen LogP contribution in [-0.4, -0.2) is 19.6 Å². The molecule has 0 spiro atoms. The van der Waals surface area contributed by atoms with E-state index in [-0.39, 0.29) is 11.7 Å². The Bertz CT molecular complexity index is 689. The molecule has 0 radical (unpaired) electrons. The highest BCUT2D eigenvalue weighted by Gasteiger charge is 2.19. The molecule has 0 heterocycles. The van der Waals surface area contributed by atoms with Crippen molar-refractivity contribution < 1.29 is 23.0 Å². The van der Waals surface area contributed by atoms with Crippen molar-refractivity contribution in [2.45, 2.75) is 32.6 Å². The highest BCUT2D eigenvalue weighted by molar-refractivity contribution is 5.94. The van der Waals surface area contributed by atoms with Gasteiger partial charge in [-0.15, -0.1) is 0 Å². The van der Waals surface area contributed by atoms with Gasteiger partial charge in [0.2, 0.25) is 0 Å². The van der Waals surface area contributed by atoms with Crippen LogP contribution in [0.15, 0.2) is 48.5 Å². The van der Waals surface area contributed by atoms with Gasteiger partial charge in [-0.2, -0.15) is 8.78 Å². The SMILES string of the molecule is CCC(NC(=O)c1ccc(COC)cc1)c1ccccc1OC(F)F. The lowest BCUT2D eigenvalue weighted by atomic mass is 10.0. The van der Waals surface area contributed by atoms with Gasteiger partial charge in [-0.05, 0) is 30.2 Å². The van der Waals surface area contributed by atoms with Crippen molar-refractivity contribution in [1.29, 1.82) is 0 Å². The highest BCUT2D eigenvalue weighted by Crippen LogP contribution is 2.28. The van der Waals surface area contributed by atoms with Crippen LogP contribution in [0.2, 0.25) is 0 Å². The van der Waals surface area contributed by atoms with Crippen LogP contribution >= 0.6 is 0 Å². The van der Waals surface area contributed by atoms with Crippen LogP contribution in [0.4, 0.5) is 8.78 Å². The van der Waals surface area contributed by atoms with Gasteiger partial charge >= 0.3 is 6.61 Å². The molecule has 2 aromatic rings. The van der Waals surface area contributed by atoms with Gasteiger partial charge in [0, 0.05) is 18.2 Å². The molecule has 1 amide bonds. The quantitative estimate of drug-likeness (QED) is 0.772. The first-order valence-electron chi connectivity index (χ1n) is 7.97. The largest absolute Gasteiger partial charge is 0.434 e. The van der Waals surface area contributed by atoms with E-state index in [1.165, 1.54) is 6.07 Å². The molecule has 6 heteroatoms. The van der Waals surface area contributed by atoms with Gasteiger partial charge in [-0.25, -0.2) is 0 Å². The number of hydrogen-bond acceptors (Lipinski definition) is 3. The van der Waals surface area contributed by atoms with Crippen molar-refractivity contribution in [1.82, 2.24) is 5.32 Å². The molecule has 25 heavy (non-hydrogen) atoms. The molecule has 2 aromatic carbocycles. The fourth-order valence-electron chi connectivity index (χ4n) is 2.53. The van der Waals surface area contributed by atoms with Crippen molar-refractivity contribution in [3.63, 3.8) is 0 Å². The van der Waals surface area contributed by atoms with Crippen LogP contribution in [0.25, 0.3) is 0 Å². The Morgan fingerprint density at radius 3 is 2.40 bits per heavy atom. The van der Waals surface area contributed by atoms with E-state index in [1.54, 1.807) is 37.4 Å². The Labute approximate surface area is 145 Å². The third-order valence-corrected chi connectivity index (χ3v) is 3.75. The number of para-hydroxylation sites is 1. The second kappa shape index (κ2) is 9.13. The second-order valence-corrected chi connectivity index (χ2v) is 5.48. The molecule has 0 aliphatic carbocycles. The molecule has 1 unspecified atom stereocenters. The number of carbonyl (C=O) groups excluding carboxylic acids is 1. The summed E-state index contributed by atoms with van der Waals surface area (Å²) in [4.78, 5) is 12.5. The zero-order valence-corrected chi connectivity index (χ0v) is 14.2. The molecule has 0 aliphatic heterocycles. The van der Waals surface area contributed by atoms with Crippen LogP contribution < -0.4 is 10.1 Å². The van der Waals surface area contributed by atoms with E-state index in [1.807, 2.05) is 19.1 Å². The van der Waals surface area contributed by atoms with Gasteiger partial charge in [0.05, 0.1) is 12.6 Å². The number of benzene rings is 2. The number of alkyl halides is 2. The Morgan fingerprint density at radius 1 is 1.12 bits per heavy atom. The molecule has 0 saturated heterocycles. The average molecular weight is 349 g/mol. The molecule has 0 aliphatic rings. The molecule has 0 bridgehead atoms. The summed E-state index contributed by atoms with van der Waals surface area (Å²) in [5.41, 5.74) is 1.97. The summed E-state index contributed by atoms with van der Waals surface area (Å²) in [6, 6.07) is 13.1. The van der Waals surface area contributed by atoms with E-state index in [0.29, 0.717) is 24.2 Å². The first-order chi connectivity index (χ1) is 12.0. The van der Waals surface area contributed by atoms with Crippen LogP contribution in [0.1, 0.15) is 40.9 Å². The Hall–Kier alpha value is -2.47. The standard InChI is InChI=1S/C19H21F2NO3/c1-3-16(15-6-4-5-7-17(15)25-19(20)21)22-18(23)14-10-8-13(9-11-14)12-24-2/h4-11,16,19H,3,12H2,1-2H3,(H,22,23). The first-order valence-corrected chi connectivity index (χ1v) is 7.97. The molecular formula is C19H21F2NO3. The monoisotopic (exact) mass is 349 g/mol. The molecule has 0 fully saturated rings. The zero-order chi connectivity index (χ0) is 18.2. The van der Waals surface area contributed by atoms with E-state index in [9.17, 15) is 13.6 Å². The van der Waals surface area contributed by atoms with Crippen LogP contribution in [0.3, 0.4) is 0 Å². The number of rotatable bonds is 8. The molecule has 4 nitrogen and oxygen atoms in total. The summed E-state index contributed by atoms with van der Waals surface area (Å²) in [6.07, 6.45) is 0.539.